The minimum atomic E-state index is -0.619. The van der Waals surface area contributed by atoms with Gasteiger partial charge in [0.05, 0.1) is 22.1 Å². The number of ether oxygens (including phenoxy) is 1. The van der Waals surface area contributed by atoms with E-state index in [0.717, 1.165) is 17.0 Å². The molecule has 10 heteroatoms. The number of methoxy groups -OCH3 is 1. The lowest BCUT2D eigenvalue weighted by Crippen LogP contribution is -1.97. The fourth-order valence-electron chi connectivity index (χ4n) is 2.17. The summed E-state index contributed by atoms with van der Waals surface area (Å²) in [7, 11) is 1.25. The third-order valence-electron chi connectivity index (χ3n) is 3.25. The van der Waals surface area contributed by atoms with Crippen LogP contribution in [-0.4, -0.2) is 27.3 Å². The number of anilines is 2. The number of phenols is 1. The van der Waals surface area contributed by atoms with Crippen LogP contribution in [0.4, 0.5) is 16.5 Å². The molecule has 0 atom stereocenters. The zero-order valence-electron chi connectivity index (χ0n) is 12.8. The van der Waals surface area contributed by atoms with Gasteiger partial charge in [-0.05, 0) is 34.1 Å². The van der Waals surface area contributed by atoms with Crippen LogP contribution in [0.3, 0.4) is 0 Å². The maximum absolute atomic E-state index is 11.5. The molecule has 0 fully saturated rings. The number of aromatic nitrogens is 2. The van der Waals surface area contributed by atoms with Crippen molar-refractivity contribution in [2.24, 2.45) is 0 Å². The molecular formula is C15H11BrN4O4S. The molecule has 2 aromatic carbocycles. The SMILES string of the molecule is COc1c(O)c(Br)cc(-c2nnc(Nc3ccccc3)s2)c1[N+](=O)[O-]. The molecule has 0 bridgehead atoms. The van der Waals surface area contributed by atoms with E-state index in [1.54, 1.807) is 0 Å². The van der Waals surface area contributed by atoms with Gasteiger partial charge in [-0.25, -0.2) is 0 Å². The lowest BCUT2D eigenvalue weighted by atomic mass is 10.1. The van der Waals surface area contributed by atoms with Gasteiger partial charge in [0.2, 0.25) is 10.9 Å². The van der Waals surface area contributed by atoms with Crippen molar-refractivity contribution < 1.29 is 14.8 Å². The summed E-state index contributed by atoms with van der Waals surface area (Å²) in [6.45, 7) is 0. The van der Waals surface area contributed by atoms with Crippen molar-refractivity contribution in [1.29, 1.82) is 0 Å². The van der Waals surface area contributed by atoms with Crippen molar-refractivity contribution in [3.05, 3.63) is 51.0 Å². The van der Waals surface area contributed by atoms with Gasteiger partial charge in [0.15, 0.2) is 10.8 Å². The van der Waals surface area contributed by atoms with Gasteiger partial charge in [-0.15, -0.1) is 10.2 Å². The Morgan fingerprint density at radius 3 is 2.68 bits per heavy atom. The van der Waals surface area contributed by atoms with Gasteiger partial charge in [0.1, 0.15) is 0 Å². The number of aromatic hydroxyl groups is 1. The maximum Gasteiger partial charge on any atom is 0.325 e. The summed E-state index contributed by atoms with van der Waals surface area (Å²) in [5.74, 6) is -0.577. The van der Waals surface area contributed by atoms with Gasteiger partial charge >= 0.3 is 5.69 Å². The lowest BCUT2D eigenvalue weighted by Gasteiger charge is -2.08. The predicted octanol–water partition coefficient (Wildman–Crippen LogP) is 4.33. The molecule has 1 heterocycles. The van der Waals surface area contributed by atoms with Crippen LogP contribution in [0.25, 0.3) is 10.6 Å². The smallest absolute Gasteiger partial charge is 0.325 e. The monoisotopic (exact) mass is 422 g/mol. The van der Waals surface area contributed by atoms with Crippen molar-refractivity contribution in [1.82, 2.24) is 10.2 Å². The summed E-state index contributed by atoms with van der Waals surface area (Å²) in [5, 5.41) is 33.4. The number of para-hydroxylation sites is 1. The van der Waals surface area contributed by atoms with Crippen LogP contribution in [0.1, 0.15) is 0 Å². The Morgan fingerprint density at radius 2 is 2.04 bits per heavy atom. The summed E-state index contributed by atoms with van der Waals surface area (Å²) >= 11 is 4.32. The highest BCUT2D eigenvalue weighted by atomic mass is 79.9. The standard InChI is InChI=1S/C15H11BrN4O4S/c1-24-13-11(20(22)23)9(7-10(16)12(13)21)14-18-19-15(25-14)17-8-5-3-2-4-6-8/h2-7,21H,1H3,(H,17,19). The molecule has 0 saturated heterocycles. The van der Waals surface area contributed by atoms with Crippen molar-refractivity contribution in [3.8, 4) is 22.1 Å². The number of nitrogens with one attached hydrogen (secondary N) is 1. The Bertz CT molecular complexity index is 933. The highest BCUT2D eigenvalue weighted by molar-refractivity contribution is 9.10. The molecule has 2 N–H and O–H groups in total. The van der Waals surface area contributed by atoms with E-state index in [0.29, 0.717) is 10.1 Å². The second-order valence-corrected chi connectivity index (χ2v) is 6.63. The van der Waals surface area contributed by atoms with Gasteiger partial charge < -0.3 is 15.2 Å². The lowest BCUT2D eigenvalue weighted by molar-refractivity contribution is -0.385. The van der Waals surface area contributed by atoms with Gasteiger partial charge in [-0.3, -0.25) is 10.1 Å². The summed E-state index contributed by atoms with van der Waals surface area (Å²) in [4.78, 5) is 10.9. The van der Waals surface area contributed by atoms with Crippen LogP contribution in [0.5, 0.6) is 11.5 Å². The van der Waals surface area contributed by atoms with E-state index >= 15 is 0 Å². The maximum atomic E-state index is 11.5. The quantitative estimate of drug-likeness (QED) is 0.464. The number of phenolic OH excluding ortho intramolecular Hbond substituents is 1. The molecule has 0 amide bonds. The summed E-state index contributed by atoms with van der Waals surface area (Å²) in [6.07, 6.45) is 0. The topological polar surface area (TPSA) is 110 Å². The summed E-state index contributed by atoms with van der Waals surface area (Å²) in [5.41, 5.74) is 0.653. The Labute approximate surface area is 154 Å². The highest BCUT2D eigenvalue weighted by Crippen LogP contribution is 2.48. The van der Waals surface area contributed by atoms with Gasteiger partial charge in [0, 0.05) is 5.69 Å². The van der Waals surface area contributed by atoms with E-state index in [9.17, 15) is 15.2 Å². The minimum Gasteiger partial charge on any atom is -0.503 e. The van der Waals surface area contributed by atoms with E-state index < -0.39 is 4.92 Å². The number of hydrogen-bond acceptors (Lipinski definition) is 8. The normalized spacial score (nSPS) is 10.5. The fraction of sp³-hybridized carbons (Fsp3) is 0.0667. The van der Waals surface area contributed by atoms with Crippen LogP contribution in [0.15, 0.2) is 40.9 Å². The van der Waals surface area contributed by atoms with Crippen molar-refractivity contribution in [3.63, 3.8) is 0 Å². The largest absolute Gasteiger partial charge is 0.503 e. The van der Waals surface area contributed by atoms with Crippen molar-refractivity contribution >= 4 is 43.8 Å². The van der Waals surface area contributed by atoms with Gasteiger partial charge in [-0.2, -0.15) is 0 Å². The van der Waals surface area contributed by atoms with Gasteiger partial charge in [-0.1, -0.05) is 29.5 Å². The van der Waals surface area contributed by atoms with Crippen LogP contribution >= 0.6 is 27.3 Å². The molecule has 0 aliphatic rings. The molecule has 0 unspecified atom stereocenters. The zero-order valence-corrected chi connectivity index (χ0v) is 15.2. The third kappa shape index (κ3) is 3.39. The molecule has 128 valence electrons. The van der Waals surface area contributed by atoms with Crippen LogP contribution in [-0.2, 0) is 0 Å². The Balaban J connectivity index is 2.05. The zero-order chi connectivity index (χ0) is 18.0. The van der Waals surface area contributed by atoms with E-state index in [-0.39, 0.29) is 27.2 Å². The first-order valence-electron chi connectivity index (χ1n) is 6.91. The first-order valence-corrected chi connectivity index (χ1v) is 8.52. The Hall–Kier alpha value is -2.72. The highest BCUT2D eigenvalue weighted by Gasteiger charge is 2.29. The number of nitro groups is 1. The number of rotatable bonds is 5. The first-order chi connectivity index (χ1) is 12.0. The fourth-order valence-corrected chi connectivity index (χ4v) is 3.36. The second-order valence-electron chi connectivity index (χ2n) is 4.80. The average Bonchev–Trinajstić information content (AvgIpc) is 3.05. The molecule has 0 aliphatic heterocycles. The van der Waals surface area contributed by atoms with Gasteiger partial charge in [0.25, 0.3) is 0 Å². The molecule has 3 rings (SSSR count). The molecule has 1 aromatic heterocycles. The molecule has 0 aliphatic carbocycles. The number of benzene rings is 2. The van der Waals surface area contributed by atoms with E-state index in [1.807, 2.05) is 30.3 Å². The summed E-state index contributed by atoms with van der Waals surface area (Å²) in [6, 6.07) is 10.8. The van der Waals surface area contributed by atoms with Crippen LogP contribution in [0, 0.1) is 10.1 Å². The molecule has 25 heavy (non-hydrogen) atoms. The van der Waals surface area contributed by atoms with Crippen molar-refractivity contribution in [2.75, 3.05) is 12.4 Å². The molecule has 0 saturated carbocycles. The molecule has 3 aromatic rings. The van der Waals surface area contributed by atoms with E-state index in [1.165, 1.54) is 13.2 Å². The van der Waals surface area contributed by atoms with E-state index in [2.05, 4.69) is 31.4 Å². The molecular weight excluding hydrogens is 412 g/mol. The average molecular weight is 423 g/mol. The van der Waals surface area contributed by atoms with Crippen molar-refractivity contribution in [2.45, 2.75) is 0 Å². The third-order valence-corrected chi connectivity index (χ3v) is 4.73. The number of nitrogens with zero attached hydrogens (tertiary/aromatic N) is 3. The molecule has 0 spiro atoms. The van der Waals surface area contributed by atoms with Crippen LogP contribution < -0.4 is 10.1 Å². The number of hydrogen-bond donors (Lipinski definition) is 2. The number of nitro benzene ring substituents is 1. The Kier molecular flexibility index (Phi) is 4.81. The first kappa shape index (κ1) is 17.1. The molecule has 0 radical (unpaired) electrons. The molecule has 8 nitrogen and oxygen atoms in total. The van der Waals surface area contributed by atoms with E-state index in [4.69, 9.17) is 4.74 Å². The predicted molar refractivity (Wildman–Crippen MR) is 97.6 cm³/mol. The minimum absolute atomic E-state index is 0.199. The second kappa shape index (κ2) is 7.03. The van der Waals surface area contributed by atoms with Crippen LogP contribution in [0.2, 0.25) is 0 Å². The number of halogens is 1. The Morgan fingerprint density at radius 1 is 1.32 bits per heavy atom. The summed E-state index contributed by atoms with van der Waals surface area (Å²) < 4.78 is 5.26.